The average Bonchev–Trinajstić information content (AvgIpc) is 3.47. The van der Waals surface area contributed by atoms with Gasteiger partial charge in [0.1, 0.15) is 0 Å². The number of ether oxygens (including phenoxy) is 1. The summed E-state index contributed by atoms with van der Waals surface area (Å²) < 4.78 is 7.55. The monoisotopic (exact) mass is 423 g/mol. The van der Waals surface area contributed by atoms with Gasteiger partial charge in [-0.3, -0.25) is 14.3 Å². The third kappa shape index (κ3) is 4.88. The molecule has 30 heavy (non-hydrogen) atoms. The van der Waals surface area contributed by atoms with Gasteiger partial charge in [-0.1, -0.05) is 30.8 Å². The molecule has 3 aromatic rings. The van der Waals surface area contributed by atoms with Crippen LogP contribution in [0.1, 0.15) is 25.3 Å². The zero-order chi connectivity index (χ0) is 20.8. The maximum atomic E-state index is 12.3. The van der Waals surface area contributed by atoms with Gasteiger partial charge in [0.25, 0.3) is 0 Å². The van der Waals surface area contributed by atoms with Gasteiger partial charge in [0.15, 0.2) is 11.0 Å². The van der Waals surface area contributed by atoms with Crippen molar-refractivity contribution in [1.29, 1.82) is 0 Å². The Balaban J connectivity index is 1.53. The Hall–Kier alpha value is -2.71. The largest absolute Gasteiger partial charge is 0.376 e. The van der Waals surface area contributed by atoms with Crippen LogP contribution in [0.15, 0.2) is 53.9 Å². The number of amides is 1. The Morgan fingerprint density at radius 2 is 2.00 bits per heavy atom. The number of carbonyl (C=O) groups is 1. The summed E-state index contributed by atoms with van der Waals surface area (Å²) in [4.78, 5) is 16.4. The Kier molecular flexibility index (Phi) is 6.76. The molecule has 4 rings (SSSR count). The van der Waals surface area contributed by atoms with E-state index >= 15 is 0 Å². The van der Waals surface area contributed by atoms with Crippen LogP contribution in [0.4, 0.5) is 0 Å². The summed E-state index contributed by atoms with van der Waals surface area (Å²) in [5.74, 6) is 0.967. The number of aryl methyl sites for hydroxylation is 1. The van der Waals surface area contributed by atoms with Crippen LogP contribution in [0, 0.1) is 0 Å². The Morgan fingerprint density at radius 1 is 1.20 bits per heavy atom. The van der Waals surface area contributed by atoms with E-state index in [2.05, 4.69) is 51.7 Å². The minimum absolute atomic E-state index is 0.0307. The fourth-order valence-electron chi connectivity index (χ4n) is 3.38. The van der Waals surface area contributed by atoms with Gasteiger partial charge in [-0.25, -0.2) is 0 Å². The molecular weight excluding hydrogens is 398 g/mol. The van der Waals surface area contributed by atoms with Crippen LogP contribution in [0.2, 0.25) is 0 Å². The lowest BCUT2D eigenvalue weighted by molar-refractivity contribution is -0.119. The molecular formula is C22H25N5O2S. The van der Waals surface area contributed by atoms with Gasteiger partial charge in [0, 0.05) is 36.8 Å². The quantitative estimate of drug-likeness (QED) is 0.560. The van der Waals surface area contributed by atoms with Crippen LogP contribution in [-0.2, 0) is 16.0 Å². The van der Waals surface area contributed by atoms with E-state index < -0.39 is 0 Å². The molecule has 0 saturated carbocycles. The SMILES string of the molecule is CCc1ccc(-n2c(SCC(=O)NC[C@@H]3CCCO3)nnc2-c2ccncc2)cc1. The molecule has 0 aliphatic carbocycles. The topological polar surface area (TPSA) is 81.9 Å². The second-order valence-corrected chi connectivity index (χ2v) is 8.07. The number of benzene rings is 1. The maximum Gasteiger partial charge on any atom is 0.230 e. The summed E-state index contributed by atoms with van der Waals surface area (Å²) in [5.41, 5.74) is 3.15. The first-order valence-electron chi connectivity index (χ1n) is 10.2. The second kappa shape index (κ2) is 9.86. The highest BCUT2D eigenvalue weighted by atomic mass is 32.2. The maximum absolute atomic E-state index is 12.3. The number of pyridine rings is 1. The first-order valence-corrected chi connectivity index (χ1v) is 11.2. The van der Waals surface area contributed by atoms with Crippen molar-refractivity contribution >= 4 is 17.7 Å². The Morgan fingerprint density at radius 3 is 2.70 bits per heavy atom. The number of aromatic nitrogens is 4. The van der Waals surface area contributed by atoms with Crippen LogP contribution >= 0.6 is 11.8 Å². The molecule has 3 heterocycles. The standard InChI is InChI=1S/C22H25N5O2S/c1-2-16-5-7-18(8-6-16)27-21(17-9-11-23-12-10-17)25-26-22(27)30-15-20(28)24-14-19-4-3-13-29-19/h5-12,19H,2-4,13-15H2,1H3,(H,24,28)/t19-/m0/s1. The van der Waals surface area contributed by atoms with E-state index in [1.54, 1.807) is 12.4 Å². The van der Waals surface area contributed by atoms with E-state index in [-0.39, 0.29) is 17.8 Å². The highest BCUT2D eigenvalue weighted by Gasteiger charge is 2.19. The fourth-order valence-corrected chi connectivity index (χ4v) is 4.16. The van der Waals surface area contributed by atoms with Crippen molar-refractivity contribution in [3.05, 3.63) is 54.4 Å². The third-order valence-electron chi connectivity index (χ3n) is 5.06. The predicted molar refractivity (Wildman–Crippen MR) is 117 cm³/mol. The molecule has 1 saturated heterocycles. The average molecular weight is 424 g/mol. The molecule has 1 amide bonds. The van der Waals surface area contributed by atoms with Crippen molar-refractivity contribution in [3.63, 3.8) is 0 Å². The minimum Gasteiger partial charge on any atom is -0.376 e. The van der Waals surface area contributed by atoms with Gasteiger partial charge < -0.3 is 10.1 Å². The molecule has 1 N–H and O–H groups in total. The lowest BCUT2D eigenvalue weighted by atomic mass is 10.1. The molecule has 8 heteroatoms. The molecule has 1 aromatic carbocycles. The number of nitrogens with zero attached hydrogens (tertiary/aromatic N) is 4. The number of carbonyl (C=O) groups excluding carboxylic acids is 1. The lowest BCUT2D eigenvalue weighted by Gasteiger charge is -2.12. The van der Waals surface area contributed by atoms with Crippen molar-refractivity contribution in [2.24, 2.45) is 0 Å². The van der Waals surface area contributed by atoms with Crippen molar-refractivity contribution in [2.75, 3.05) is 18.9 Å². The van der Waals surface area contributed by atoms with E-state index in [0.717, 1.165) is 42.9 Å². The van der Waals surface area contributed by atoms with Crippen molar-refractivity contribution in [1.82, 2.24) is 25.1 Å². The van der Waals surface area contributed by atoms with E-state index in [1.165, 1.54) is 17.3 Å². The van der Waals surface area contributed by atoms with Crippen molar-refractivity contribution in [3.8, 4) is 17.1 Å². The van der Waals surface area contributed by atoms with E-state index in [1.807, 2.05) is 16.7 Å². The van der Waals surface area contributed by atoms with Crippen LogP contribution in [0.5, 0.6) is 0 Å². The summed E-state index contributed by atoms with van der Waals surface area (Å²) >= 11 is 1.38. The molecule has 1 fully saturated rings. The van der Waals surface area contributed by atoms with Crippen LogP contribution in [-0.4, -0.2) is 50.7 Å². The molecule has 0 unspecified atom stereocenters. The Labute approximate surface area is 180 Å². The number of hydrogen-bond acceptors (Lipinski definition) is 6. The fraction of sp³-hybridized carbons (Fsp3) is 0.364. The summed E-state index contributed by atoms with van der Waals surface area (Å²) in [6.45, 7) is 3.48. The van der Waals surface area contributed by atoms with Crippen molar-refractivity contribution < 1.29 is 9.53 Å². The van der Waals surface area contributed by atoms with Crippen molar-refractivity contribution in [2.45, 2.75) is 37.4 Å². The molecule has 1 aliphatic rings. The highest BCUT2D eigenvalue weighted by molar-refractivity contribution is 7.99. The molecule has 1 atom stereocenters. The normalized spacial score (nSPS) is 16.0. The van der Waals surface area contributed by atoms with Gasteiger partial charge in [-0.05, 0) is 49.1 Å². The van der Waals surface area contributed by atoms with E-state index in [0.29, 0.717) is 11.7 Å². The highest BCUT2D eigenvalue weighted by Crippen LogP contribution is 2.28. The predicted octanol–water partition coefficient (Wildman–Crippen LogP) is 3.28. The van der Waals surface area contributed by atoms with Gasteiger partial charge in [-0.2, -0.15) is 0 Å². The minimum atomic E-state index is -0.0307. The zero-order valence-corrected chi connectivity index (χ0v) is 17.8. The second-order valence-electron chi connectivity index (χ2n) is 7.13. The smallest absolute Gasteiger partial charge is 0.230 e. The summed E-state index contributed by atoms with van der Waals surface area (Å²) in [6.07, 6.45) is 6.65. The molecule has 7 nitrogen and oxygen atoms in total. The van der Waals surface area contributed by atoms with Gasteiger partial charge in [0.05, 0.1) is 11.9 Å². The van der Waals surface area contributed by atoms with E-state index in [4.69, 9.17) is 4.74 Å². The van der Waals surface area contributed by atoms with Crippen LogP contribution in [0.25, 0.3) is 17.1 Å². The summed E-state index contributed by atoms with van der Waals surface area (Å²) in [5, 5.41) is 12.4. The van der Waals surface area contributed by atoms with E-state index in [9.17, 15) is 4.79 Å². The van der Waals surface area contributed by atoms with Gasteiger partial charge in [-0.15, -0.1) is 10.2 Å². The number of nitrogens with one attached hydrogen (secondary N) is 1. The third-order valence-corrected chi connectivity index (χ3v) is 5.99. The van der Waals surface area contributed by atoms with Gasteiger partial charge in [0.2, 0.25) is 5.91 Å². The summed E-state index contributed by atoms with van der Waals surface area (Å²) in [7, 11) is 0. The van der Waals surface area contributed by atoms with Gasteiger partial charge >= 0.3 is 0 Å². The molecule has 1 aliphatic heterocycles. The summed E-state index contributed by atoms with van der Waals surface area (Å²) in [6, 6.07) is 12.2. The van der Waals surface area contributed by atoms with Crippen LogP contribution < -0.4 is 5.32 Å². The molecule has 0 bridgehead atoms. The lowest BCUT2D eigenvalue weighted by Crippen LogP contribution is -2.32. The number of hydrogen-bond donors (Lipinski definition) is 1. The molecule has 2 aromatic heterocycles. The Bertz CT molecular complexity index is 969. The molecule has 0 spiro atoms. The zero-order valence-electron chi connectivity index (χ0n) is 17.0. The first kappa shape index (κ1) is 20.6. The van der Waals surface area contributed by atoms with Crippen LogP contribution in [0.3, 0.4) is 0 Å². The molecule has 156 valence electrons. The first-order chi connectivity index (χ1) is 14.7. The molecule has 0 radical (unpaired) electrons. The number of thioether (sulfide) groups is 1. The number of rotatable bonds is 8.